The molecule has 0 bridgehead atoms. The Kier molecular flexibility index (Phi) is 4.94. The third-order valence-electron chi connectivity index (χ3n) is 3.88. The number of furan rings is 1. The van der Waals surface area contributed by atoms with Gasteiger partial charge in [-0.3, -0.25) is 10.1 Å². The van der Waals surface area contributed by atoms with Gasteiger partial charge in [-0.25, -0.2) is 9.69 Å². The molecular formula is C16H11F6N3O4. The van der Waals surface area contributed by atoms with E-state index >= 15 is 0 Å². The normalized spacial score (nSPS) is 20.1. The Balaban J connectivity index is 1.87. The summed E-state index contributed by atoms with van der Waals surface area (Å²) in [7, 11) is 0. The molecule has 13 heteroatoms. The topological polar surface area (TPSA) is 83.8 Å². The van der Waals surface area contributed by atoms with Crippen molar-refractivity contribution in [3.05, 3.63) is 48.4 Å². The Morgan fingerprint density at radius 1 is 1.07 bits per heavy atom. The summed E-state index contributed by atoms with van der Waals surface area (Å²) in [5.74, 6) is -2.31. The molecule has 0 spiro atoms. The lowest BCUT2D eigenvalue weighted by Crippen LogP contribution is -2.68. The number of hydrogen-bond donors (Lipinski definition) is 2. The van der Waals surface area contributed by atoms with Crippen LogP contribution in [0.1, 0.15) is 5.76 Å². The summed E-state index contributed by atoms with van der Waals surface area (Å²) in [6.07, 6.45) is -9.01. The molecule has 7 nitrogen and oxygen atoms in total. The number of urea groups is 1. The molecule has 1 aliphatic rings. The Labute approximate surface area is 158 Å². The van der Waals surface area contributed by atoms with Crippen molar-refractivity contribution in [3.8, 4) is 5.75 Å². The molecule has 156 valence electrons. The maximum atomic E-state index is 13.7. The molecule has 1 unspecified atom stereocenters. The monoisotopic (exact) mass is 423 g/mol. The number of hydrogen-bond acceptors (Lipinski definition) is 5. The Morgan fingerprint density at radius 3 is 2.24 bits per heavy atom. The van der Waals surface area contributed by atoms with Gasteiger partial charge in [0.05, 0.1) is 18.5 Å². The predicted octanol–water partition coefficient (Wildman–Crippen LogP) is 3.28. The molecule has 1 aliphatic heterocycles. The zero-order valence-corrected chi connectivity index (χ0v) is 14.1. The van der Waals surface area contributed by atoms with E-state index in [0.29, 0.717) is 0 Å². The highest BCUT2D eigenvalue weighted by Gasteiger charge is 2.68. The van der Waals surface area contributed by atoms with Crippen LogP contribution in [0.5, 0.6) is 5.75 Å². The van der Waals surface area contributed by atoms with Crippen LogP contribution in [0.15, 0.2) is 47.1 Å². The van der Waals surface area contributed by atoms with Crippen LogP contribution in [0.25, 0.3) is 0 Å². The largest absolute Gasteiger partial charge is 0.573 e. The van der Waals surface area contributed by atoms with E-state index in [1.807, 2.05) is 5.32 Å². The quantitative estimate of drug-likeness (QED) is 0.570. The fraction of sp³-hybridized carbons (Fsp3) is 0.250. The van der Waals surface area contributed by atoms with Crippen LogP contribution in [-0.2, 0) is 11.3 Å². The number of amides is 3. The van der Waals surface area contributed by atoms with Crippen molar-refractivity contribution in [1.82, 2.24) is 10.6 Å². The van der Waals surface area contributed by atoms with E-state index in [1.54, 1.807) is 5.32 Å². The second-order valence-electron chi connectivity index (χ2n) is 5.79. The summed E-state index contributed by atoms with van der Waals surface area (Å²) >= 11 is 0. The van der Waals surface area contributed by atoms with E-state index in [9.17, 15) is 35.9 Å². The number of nitrogens with one attached hydrogen (secondary N) is 2. The minimum absolute atomic E-state index is 0.0720. The maximum Gasteiger partial charge on any atom is 0.573 e. The van der Waals surface area contributed by atoms with Gasteiger partial charge in [-0.1, -0.05) is 0 Å². The van der Waals surface area contributed by atoms with Crippen molar-refractivity contribution in [3.63, 3.8) is 0 Å². The highest BCUT2D eigenvalue weighted by atomic mass is 19.4. The summed E-state index contributed by atoms with van der Waals surface area (Å²) in [5, 5.41) is 3.51. The lowest BCUT2D eigenvalue weighted by molar-refractivity contribution is -0.274. The van der Waals surface area contributed by atoms with Crippen LogP contribution in [0.4, 0.5) is 36.8 Å². The summed E-state index contributed by atoms with van der Waals surface area (Å²) in [4.78, 5) is 24.9. The molecule has 1 atom stereocenters. The van der Waals surface area contributed by atoms with Gasteiger partial charge in [-0.2, -0.15) is 13.2 Å². The van der Waals surface area contributed by atoms with Crippen LogP contribution in [0.2, 0.25) is 0 Å². The van der Waals surface area contributed by atoms with Gasteiger partial charge in [-0.15, -0.1) is 13.2 Å². The number of imide groups is 1. The number of benzene rings is 1. The molecule has 0 aliphatic carbocycles. The summed E-state index contributed by atoms with van der Waals surface area (Å²) < 4.78 is 86.3. The molecule has 1 aromatic carbocycles. The molecule has 3 amide bonds. The number of anilines is 1. The molecule has 29 heavy (non-hydrogen) atoms. The molecule has 2 aromatic rings. The first-order valence-corrected chi connectivity index (χ1v) is 7.79. The van der Waals surface area contributed by atoms with Crippen molar-refractivity contribution in [2.24, 2.45) is 0 Å². The Hall–Kier alpha value is -3.22. The van der Waals surface area contributed by atoms with Gasteiger partial charge >= 0.3 is 18.6 Å². The standard InChI is InChI=1S/C16H11F6N3O4/c17-15(18,19)14(23-8-11-2-1-7-28-11)12(26)25(13(27)24-14)9-3-5-10(6-4-9)29-16(20,21)22/h1-7,23H,8H2,(H,24,27). The van der Waals surface area contributed by atoms with Gasteiger partial charge in [0.15, 0.2) is 0 Å². The molecule has 1 aromatic heterocycles. The predicted molar refractivity (Wildman–Crippen MR) is 83.5 cm³/mol. The third kappa shape index (κ3) is 3.99. The van der Waals surface area contributed by atoms with Gasteiger partial charge in [0, 0.05) is 0 Å². The van der Waals surface area contributed by atoms with E-state index in [0.717, 1.165) is 24.3 Å². The average molecular weight is 423 g/mol. The SMILES string of the molecule is O=C1NC(NCc2ccco2)(C(F)(F)F)C(=O)N1c1ccc(OC(F)(F)F)cc1. The number of nitrogens with zero attached hydrogens (tertiary/aromatic N) is 1. The highest BCUT2D eigenvalue weighted by Crippen LogP contribution is 2.36. The summed E-state index contributed by atoms with van der Waals surface area (Å²) in [5.41, 5.74) is -3.83. The number of carbonyl (C=O) groups excluding carboxylic acids is 2. The van der Waals surface area contributed by atoms with Crippen LogP contribution in [0, 0.1) is 0 Å². The maximum absolute atomic E-state index is 13.7. The van der Waals surface area contributed by atoms with Crippen LogP contribution >= 0.6 is 0 Å². The van der Waals surface area contributed by atoms with Crippen molar-refractivity contribution in [2.75, 3.05) is 4.90 Å². The second kappa shape index (κ2) is 6.99. The third-order valence-corrected chi connectivity index (χ3v) is 3.88. The minimum atomic E-state index is -5.24. The van der Waals surface area contributed by atoms with Crippen LogP contribution in [-0.4, -0.2) is 30.1 Å². The zero-order valence-electron chi connectivity index (χ0n) is 14.1. The summed E-state index contributed by atoms with van der Waals surface area (Å²) in [6, 6.07) is 4.57. The van der Waals surface area contributed by atoms with Crippen molar-refractivity contribution < 1.29 is 45.1 Å². The van der Waals surface area contributed by atoms with E-state index in [-0.39, 0.29) is 16.3 Å². The number of halogens is 6. The molecule has 1 saturated heterocycles. The first kappa shape index (κ1) is 20.5. The zero-order chi connectivity index (χ0) is 21.4. The van der Waals surface area contributed by atoms with Crippen molar-refractivity contribution >= 4 is 17.6 Å². The molecule has 2 heterocycles. The van der Waals surface area contributed by atoms with Crippen LogP contribution < -0.4 is 20.3 Å². The fourth-order valence-corrected chi connectivity index (χ4v) is 2.61. The minimum Gasteiger partial charge on any atom is -0.468 e. The Bertz CT molecular complexity index is 895. The number of rotatable bonds is 5. The van der Waals surface area contributed by atoms with Gasteiger partial charge in [0.1, 0.15) is 11.5 Å². The van der Waals surface area contributed by atoms with E-state index in [4.69, 9.17) is 4.42 Å². The number of carbonyl (C=O) groups is 2. The Morgan fingerprint density at radius 2 is 1.72 bits per heavy atom. The fourth-order valence-electron chi connectivity index (χ4n) is 2.61. The second-order valence-corrected chi connectivity index (χ2v) is 5.79. The molecule has 1 fully saturated rings. The van der Waals surface area contributed by atoms with E-state index in [1.165, 1.54) is 18.4 Å². The van der Waals surface area contributed by atoms with Crippen LogP contribution in [0.3, 0.4) is 0 Å². The average Bonchev–Trinajstić information content (AvgIpc) is 3.19. The molecular weight excluding hydrogens is 412 g/mol. The van der Waals surface area contributed by atoms with E-state index < -0.39 is 42.4 Å². The van der Waals surface area contributed by atoms with Gasteiger partial charge in [-0.05, 0) is 36.4 Å². The van der Waals surface area contributed by atoms with Crippen molar-refractivity contribution in [2.45, 2.75) is 24.7 Å². The van der Waals surface area contributed by atoms with Gasteiger partial charge < -0.3 is 14.5 Å². The van der Waals surface area contributed by atoms with Gasteiger partial charge in [0.2, 0.25) is 0 Å². The van der Waals surface area contributed by atoms with E-state index in [2.05, 4.69) is 4.74 Å². The van der Waals surface area contributed by atoms with Crippen molar-refractivity contribution in [1.29, 1.82) is 0 Å². The summed E-state index contributed by atoms with van der Waals surface area (Å²) in [6.45, 7) is -0.537. The molecule has 0 radical (unpaired) electrons. The molecule has 0 saturated carbocycles. The number of alkyl halides is 6. The lowest BCUT2D eigenvalue weighted by atomic mass is 10.1. The van der Waals surface area contributed by atoms with Gasteiger partial charge in [0.25, 0.3) is 11.6 Å². The molecule has 2 N–H and O–H groups in total. The first-order chi connectivity index (χ1) is 13.4. The first-order valence-electron chi connectivity index (χ1n) is 7.79. The smallest absolute Gasteiger partial charge is 0.468 e. The highest BCUT2D eigenvalue weighted by molar-refractivity contribution is 6.23. The number of ether oxygens (including phenoxy) is 1. The molecule has 3 rings (SSSR count). The lowest BCUT2D eigenvalue weighted by Gasteiger charge is -2.29.